The second-order valence-electron chi connectivity index (χ2n) is 5.09. The van der Waals surface area contributed by atoms with Gasteiger partial charge < -0.3 is 15.0 Å². The highest BCUT2D eigenvalue weighted by atomic mass is 16.5. The zero-order chi connectivity index (χ0) is 15.1. The maximum absolute atomic E-state index is 5.72. The Balaban J connectivity index is 1.98. The van der Waals surface area contributed by atoms with Crippen LogP contribution in [0.4, 0.5) is 5.69 Å². The first-order valence-corrected chi connectivity index (χ1v) is 7.23. The third kappa shape index (κ3) is 4.46. The molecule has 1 N–H and O–H groups in total. The van der Waals surface area contributed by atoms with Crippen LogP contribution in [0.3, 0.4) is 0 Å². The molecule has 0 saturated carbocycles. The summed E-state index contributed by atoms with van der Waals surface area (Å²) in [6, 6.07) is 10.4. The van der Waals surface area contributed by atoms with Gasteiger partial charge in [-0.05, 0) is 36.2 Å². The zero-order valence-electron chi connectivity index (χ0n) is 13.0. The summed E-state index contributed by atoms with van der Waals surface area (Å²) in [7, 11) is 4.05. The Kier molecular flexibility index (Phi) is 5.58. The van der Waals surface area contributed by atoms with Crippen molar-refractivity contribution in [2.75, 3.05) is 25.6 Å². The number of rotatable bonds is 7. The van der Waals surface area contributed by atoms with Gasteiger partial charge in [-0.25, -0.2) is 0 Å². The molecule has 0 aliphatic rings. The lowest BCUT2D eigenvalue weighted by atomic mass is 10.1. The van der Waals surface area contributed by atoms with Crippen LogP contribution >= 0.6 is 0 Å². The summed E-state index contributed by atoms with van der Waals surface area (Å²) in [5.41, 5.74) is 3.51. The van der Waals surface area contributed by atoms with Gasteiger partial charge in [0.1, 0.15) is 5.75 Å². The van der Waals surface area contributed by atoms with E-state index in [1.54, 1.807) is 6.20 Å². The SMILES string of the molecule is CCOc1cc(CNCc2cccnc2)ccc1N(C)C. The quantitative estimate of drug-likeness (QED) is 0.849. The minimum absolute atomic E-state index is 0.674. The average Bonchev–Trinajstić information content (AvgIpc) is 2.49. The van der Waals surface area contributed by atoms with E-state index in [0.717, 1.165) is 24.5 Å². The Hall–Kier alpha value is -2.07. The molecule has 4 nitrogen and oxygen atoms in total. The first-order chi connectivity index (χ1) is 10.2. The van der Waals surface area contributed by atoms with Crippen LogP contribution in [0.1, 0.15) is 18.1 Å². The van der Waals surface area contributed by atoms with Gasteiger partial charge in [0.05, 0.1) is 12.3 Å². The molecule has 2 aromatic rings. The fourth-order valence-corrected chi connectivity index (χ4v) is 2.16. The summed E-state index contributed by atoms with van der Waals surface area (Å²) in [5.74, 6) is 0.933. The Bertz CT molecular complexity index is 555. The molecule has 0 radical (unpaired) electrons. The molecule has 0 unspecified atom stereocenters. The second-order valence-corrected chi connectivity index (χ2v) is 5.09. The van der Waals surface area contributed by atoms with Crippen molar-refractivity contribution in [3.63, 3.8) is 0 Å². The number of hydrogen-bond donors (Lipinski definition) is 1. The molecule has 0 atom stereocenters. The van der Waals surface area contributed by atoms with Gasteiger partial charge in [0.15, 0.2) is 0 Å². The van der Waals surface area contributed by atoms with Crippen LogP contribution in [-0.4, -0.2) is 25.7 Å². The smallest absolute Gasteiger partial charge is 0.142 e. The predicted octanol–water partition coefficient (Wildman–Crippen LogP) is 2.84. The molecular formula is C17H23N3O. The minimum Gasteiger partial charge on any atom is -0.492 e. The van der Waals surface area contributed by atoms with Crippen molar-refractivity contribution < 1.29 is 4.74 Å². The van der Waals surface area contributed by atoms with E-state index in [9.17, 15) is 0 Å². The Morgan fingerprint density at radius 2 is 1.95 bits per heavy atom. The molecule has 4 heteroatoms. The molecular weight excluding hydrogens is 262 g/mol. The molecule has 0 bridgehead atoms. The first kappa shape index (κ1) is 15.3. The summed E-state index contributed by atoms with van der Waals surface area (Å²) in [6.45, 7) is 4.30. The topological polar surface area (TPSA) is 37.4 Å². The van der Waals surface area contributed by atoms with Crippen LogP contribution in [0.2, 0.25) is 0 Å². The summed E-state index contributed by atoms with van der Waals surface area (Å²) in [5, 5.41) is 3.43. The fraction of sp³-hybridized carbons (Fsp3) is 0.353. The van der Waals surface area contributed by atoms with Crippen molar-refractivity contribution >= 4 is 5.69 Å². The van der Waals surface area contributed by atoms with Gasteiger partial charge in [-0.2, -0.15) is 0 Å². The number of benzene rings is 1. The molecule has 2 rings (SSSR count). The van der Waals surface area contributed by atoms with Gasteiger partial charge in [0, 0.05) is 39.6 Å². The lowest BCUT2D eigenvalue weighted by Crippen LogP contribution is -2.14. The lowest BCUT2D eigenvalue weighted by molar-refractivity contribution is 0.340. The van der Waals surface area contributed by atoms with Crippen LogP contribution in [0, 0.1) is 0 Å². The van der Waals surface area contributed by atoms with Gasteiger partial charge in [-0.1, -0.05) is 12.1 Å². The highest BCUT2D eigenvalue weighted by Gasteiger charge is 2.06. The largest absolute Gasteiger partial charge is 0.492 e. The lowest BCUT2D eigenvalue weighted by Gasteiger charge is -2.18. The van der Waals surface area contributed by atoms with E-state index < -0.39 is 0 Å². The molecule has 1 aromatic heterocycles. The average molecular weight is 285 g/mol. The molecule has 0 amide bonds. The Morgan fingerprint density at radius 1 is 1.14 bits per heavy atom. The summed E-state index contributed by atoms with van der Waals surface area (Å²) >= 11 is 0. The molecule has 0 saturated heterocycles. The van der Waals surface area contributed by atoms with Crippen molar-refractivity contribution in [1.29, 1.82) is 0 Å². The van der Waals surface area contributed by atoms with Crippen LogP contribution in [0.5, 0.6) is 5.75 Å². The van der Waals surface area contributed by atoms with Crippen molar-refractivity contribution in [2.24, 2.45) is 0 Å². The molecule has 21 heavy (non-hydrogen) atoms. The summed E-state index contributed by atoms with van der Waals surface area (Å²) in [6.07, 6.45) is 3.67. The fourth-order valence-electron chi connectivity index (χ4n) is 2.16. The highest BCUT2D eigenvalue weighted by molar-refractivity contribution is 5.58. The normalized spacial score (nSPS) is 10.4. The summed E-state index contributed by atoms with van der Waals surface area (Å²) in [4.78, 5) is 6.18. The number of anilines is 1. The number of nitrogens with one attached hydrogen (secondary N) is 1. The molecule has 0 spiro atoms. The maximum atomic E-state index is 5.72. The predicted molar refractivity (Wildman–Crippen MR) is 86.7 cm³/mol. The number of pyridine rings is 1. The Morgan fingerprint density at radius 3 is 2.62 bits per heavy atom. The molecule has 112 valence electrons. The zero-order valence-corrected chi connectivity index (χ0v) is 13.0. The number of nitrogens with zero attached hydrogens (tertiary/aromatic N) is 2. The number of aromatic nitrogens is 1. The van der Waals surface area contributed by atoms with Crippen LogP contribution in [-0.2, 0) is 13.1 Å². The Labute approximate surface area is 126 Å². The van der Waals surface area contributed by atoms with Crippen LogP contribution < -0.4 is 15.0 Å². The standard InChI is InChI=1S/C17H23N3O/c1-4-21-17-10-14(7-8-16(17)20(2)3)11-19-13-15-6-5-9-18-12-15/h5-10,12,19H,4,11,13H2,1-3H3. The van der Waals surface area contributed by atoms with Gasteiger partial charge >= 0.3 is 0 Å². The maximum Gasteiger partial charge on any atom is 0.142 e. The van der Waals surface area contributed by atoms with Crippen LogP contribution in [0.15, 0.2) is 42.7 Å². The van der Waals surface area contributed by atoms with E-state index >= 15 is 0 Å². The molecule has 1 aromatic carbocycles. The van der Waals surface area contributed by atoms with E-state index in [2.05, 4.69) is 39.5 Å². The number of ether oxygens (including phenoxy) is 1. The molecule has 0 fully saturated rings. The minimum atomic E-state index is 0.674. The van der Waals surface area contributed by atoms with E-state index in [1.165, 1.54) is 11.1 Å². The van der Waals surface area contributed by atoms with Crippen molar-refractivity contribution in [1.82, 2.24) is 10.3 Å². The third-order valence-electron chi connectivity index (χ3n) is 3.19. The van der Waals surface area contributed by atoms with Gasteiger partial charge in [0.2, 0.25) is 0 Å². The third-order valence-corrected chi connectivity index (χ3v) is 3.19. The van der Waals surface area contributed by atoms with E-state index in [-0.39, 0.29) is 0 Å². The van der Waals surface area contributed by atoms with Gasteiger partial charge in [0.25, 0.3) is 0 Å². The first-order valence-electron chi connectivity index (χ1n) is 7.23. The van der Waals surface area contributed by atoms with Gasteiger partial charge in [-0.15, -0.1) is 0 Å². The summed E-state index contributed by atoms with van der Waals surface area (Å²) < 4.78 is 5.72. The van der Waals surface area contributed by atoms with Gasteiger partial charge in [-0.3, -0.25) is 4.98 Å². The van der Waals surface area contributed by atoms with Crippen molar-refractivity contribution in [2.45, 2.75) is 20.0 Å². The number of hydrogen-bond acceptors (Lipinski definition) is 4. The molecule has 0 aliphatic heterocycles. The highest BCUT2D eigenvalue weighted by Crippen LogP contribution is 2.28. The van der Waals surface area contributed by atoms with Crippen LogP contribution in [0.25, 0.3) is 0 Å². The van der Waals surface area contributed by atoms with E-state index in [1.807, 2.05) is 33.3 Å². The van der Waals surface area contributed by atoms with E-state index in [0.29, 0.717) is 6.61 Å². The van der Waals surface area contributed by atoms with E-state index in [4.69, 9.17) is 4.74 Å². The monoisotopic (exact) mass is 285 g/mol. The molecule has 1 heterocycles. The van der Waals surface area contributed by atoms with Crippen molar-refractivity contribution in [3.8, 4) is 5.75 Å². The van der Waals surface area contributed by atoms with Crippen molar-refractivity contribution in [3.05, 3.63) is 53.9 Å². The molecule has 0 aliphatic carbocycles. The second kappa shape index (κ2) is 7.64.